The van der Waals surface area contributed by atoms with Crippen LogP contribution in [0.3, 0.4) is 0 Å². The summed E-state index contributed by atoms with van der Waals surface area (Å²) in [4.78, 5) is 10.5. The zero-order chi connectivity index (χ0) is 18.1. The van der Waals surface area contributed by atoms with E-state index in [4.69, 9.17) is 4.52 Å². The van der Waals surface area contributed by atoms with Crippen molar-refractivity contribution in [2.45, 2.75) is 37.8 Å². The first-order valence-electron chi connectivity index (χ1n) is 8.44. The molecular formula is C16H19N5O3S2. The highest BCUT2D eigenvalue weighted by molar-refractivity contribution is 7.89. The number of imidazole rings is 1. The van der Waals surface area contributed by atoms with E-state index in [1.807, 2.05) is 19.1 Å². The fourth-order valence-electron chi connectivity index (χ4n) is 2.93. The molecule has 10 heteroatoms. The van der Waals surface area contributed by atoms with E-state index in [2.05, 4.69) is 15.1 Å². The fourth-order valence-corrected chi connectivity index (χ4v) is 5.17. The molecule has 0 unspecified atom stereocenters. The lowest BCUT2D eigenvalue weighted by molar-refractivity contribution is 0.345. The Hall–Kier alpha value is -2.04. The minimum Gasteiger partial charge on any atom is -0.333 e. The summed E-state index contributed by atoms with van der Waals surface area (Å²) in [5, 5.41) is 4.04. The third kappa shape index (κ3) is 3.44. The van der Waals surface area contributed by atoms with Crippen LogP contribution in [0.1, 0.15) is 30.0 Å². The van der Waals surface area contributed by atoms with Crippen LogP contribution in [0.25, 0.3) is 10.8 Å². The van der Waals surface area contributed by atoms with Gasteiger partial charge in [0, 0.05) is 24.2 Å². The van der Waals surface area contributed by atoms with E-state index in [0.717, 1.165) is 24.1 Å². The molecule has 1 fully saturated rings. The molecule has 8 nitrogen and oxygen atoms in total. The van der Waals surface area contributed by atoms with Crippen LogP contribution in [0.4, 0.5) is 0 Å². The summed E-state index contributed by atoms with van der Waals surface area (Å²) < 4.78 is 33.8. The molecule has 0 aromatic carbocycles. The van der Waals surface area contributed by atoms with Crippen LogP contribution in [-0.2, 0) is 16.6 Å². The van der Waals surface area contributed by atoms with E-state index in [1.54, 1.807) is 15.9 Å². The molecule has 1 aliphatic heterocycles. The minimum atomic E-state index is -3.53. The lowest BCUT2D eigenvalue weighted by Crippen LogP contribution is -2.35. The van der Waals surface area contributed by atoms with Gasteiger partial charge in [0.2, 0.25) is 0 Å². The first kappa shape index (κ1) is 17.4. The first-order valence-corrected chi connectivity index (χ1v) is 10.7. The van der Waals surface area contributed by atoms with Gasteiger partial charge in [-0.25, -0.2) is 13.4 Å². The Kier molecular flexibility index (Phi) is 4.63. The SMILES string of the molecule is Cc1ccc(-c2nc(Cn3cnc(S(=O)(=O)N4CCCCC4)c3)no2)s1. The maximum atomic E-state index is 12.6. The van der Waals surface area contributed by atoms with Crippen molar-refractivity contribution in [3.63, 3.8) is 0 Å². The summed E-state index contributed by atoms with van der Waals surface area (Å²) in [6, 6.07) is 3.94. The van der Waals surface area contributed by atoms with Gasteiger partial charge in [0.05, 0.1) is 17.7 Å². The summed E-state index contributed by atoms with van der Waals surface area (Å²) in [6.45, 7) is 3.44. The summed E-state index contributed by atoms with van der Waals surface area (Å²) in [5.74, 6) is 0.949. The van der Waals surface area contributed by atoms with Crippen molar-refractivity contribution >= 4 is 21.4 Å². The molecule has 3 aromatic heterocycles. The molecule has 0 radical (unpaired) electrons. The van der Waals surface area contributed by atoms with Gasteiger partial charge in [-0.1, -0.05) is 11.6 Å². The smallest absolute Gasteiger partial charge is 0.268 e. The molecule has 3 aromatic rings. The zero-order valence-electron chi connectivity index (χ0n) is 14.3. The Morgan fingerprint density at radius 3 is 2.77 bits per heavy atom. The van der Waals surface area contributed by atoms with Gasteiger partial charge in [-0.2, -0.15) is 9.29 Å². The van der Waals surface area contributed by atoms with Gasteiger partial charge in [-0.3, -0.25) is 0 Å². The fraction of sp³-hybridized carbons (Fsp3) is 0.438. The molecular weight excluding hydrogens is 374 g/mol. The van der Waals surface area contributed by atoms with E-state index < -0.39 is 10.0 Å². The number of rotatable bonds is 5. The van der Waals surface area contributed by atoms with Crippen LogP contribution in [0.5, 0.6) is 0 Å². The Bertz CT molecular complexity index is 999. The molecule has 0 bridgehead atoms. The Morgan fingerprint density at radius 2 is 2.04 bits per heavy atom. The molecule has 0 spiro atoms. The van der Waals surface area contributed by atoms with Gasteiger partial charge in [0.1, 0.15) is 0 Å². The molecule has 4 heterocycles. The van der Waals surface area contributed by atoms with Gasteiger partial charge >= 0.3 is 0 Å². The van der Waals surface area contributed by atoms with Crippen molar-refractivity contribution in [3.05, 3.63) is 35.4 Å². The molecule has 0 atom stereocenters. The van der Waals surface area contributed by atoms with E-state index >= 15 is 0 Å². The van der Waals surface area contributed by atoms with Crippen molar-refractivity contribution in [2.24, 2.45) is 0 Å². The molecule has 1 aliphatic rings. The number of aryl methyl sites for hydroxylation is 1. The Balaban J connectivity index is 1.49. The number of thiophene rings is 1. The van der Waals surface area contributed by atoms with Gasteiger partial charge in [-0.15, -0.1) is 11.3 Å². The monoisotopic (exact) mass is 393 g/mol. The highest BCUT2D eigenvalue weighted by atomic mass is 32.2. The number of nitrogens with zero attached hydrogens (tertiary/aromatic N) is 5. The molecule has 138 valence electrons. The number of hydrogen-bond acceptors (Lipinski definition) is 7. The molecule has 4 rings (SSSR count). The van der Waals surface area contributed by atoms with Gasteiger partial charge in [0.15, 0.2) is 10.9 Å². The third-order valence-electron chi connectivity index (χ3n) is 4.27. The van der Waals surface area contributed by atoms with Crippen molar-refractivity contribution in [3.8, 4) is 10.8 Å². The summed E-state index contributed by atoms with van der Waals surface area (Å²) >= 11 is 1.58. The third-order valence-corrected chi connectivity index (χ3v) is 7.05. The van der Waals surface area contributed by atoms with Crippen LogP contribution < -0.4 is 0 Å². The van der Waals surface area contributed by atoms with Crippen molar-refractivity contribution in [1.29, 1.82) is 0 Å². The second kappa shape index (κ2) is 6.93. The van der Waals surface area contributed by atoms with Crippen LogP contribution in [0.15, 0.2) is 34.2 Å². The number of aromatic nitrogens is 4. The maximum Gasteiger partial charge on any atom is 0.268 e. The molecule has 26 heavy (non-hydrogen) atoms. The van der Waals surface area contributed by atoms with Gasteiger partial charge < -0.3 is 9.09 Å². The van der Waals surface area contributed by atoms with Gasteiger partial charge in [0.25, 0.3) is 15.9 Å². The highest BCUT2D eigenvalue weighted by Crippen LogP contribution is 2.26. The number of sulfonamides is 1. The molecule has 1 saturated heterocycles. The van der Waals surface area contributed by atoms with Crippen molar-refractivity contribution in [1.82, 2.24) is 24.0 Å². The maximum absolute atomic E-state index is 12.6. The number of piperidine rings is 1. The first-order chi connectivity index (χ1) is 12.5. The topological polar surface area (TPSA) is 94.1 Å². The van der Waals surface area contributed by atoms with Crippen molar-refractivity contribution in [2.75, 3.05) is 13.1 Å². The van der Waals surface area contributed by atoms with Gasteiger partial charge in [-0.05, 0) is 31.9 Å². The predicted octanol–water partition coefficient (Wildman–Crippen LogP) is 2.53. The predicted molar refractivity (Wildman–Crippen MR) is 96.3 cm³/mol. The zero-order valence-corrected chi connectivity index (χ0v) is 16.0. The second-order valence-corrected chi connectivity index (χ2v) is 9.45. The Morgan fingerprint density at radius 1 is 1.23 bits per heavy atom. The van der Waals surface area contributed by atoms with Crippen LogP contribution in [0, 0.1) is 6.92 Å². The average Bonchev–Trinajstić information content (AvgIpc) is 3.37. The van der Waals surface area contributed by atoms with Crippen molar-refractivity contribution < 1.29 is 12.9 Å². The molecule has 0 N–H and O–H groups in total. The van der Waals surface area contributed by atoms with E-state index in [9.17, 15) is 8.42 Å². The minimum absolute atomic E-state index is 0.0667. The normalized spacial score (nSPS) is 16.2. The van der Waals surface area contributed by atoms with E-state index in [-0.39, 0.29) is 5.03 Å². The molecule has 0 saturated carbocycles. The number of hydrogen-bond donors (Lipinski definition) is 0. The lowest BCUT2D eigenvalue weighted by atomic mass is 10.2. The standard InChI is InChI=1S/C16H19N5O3S2/c1-12-5-6-13(25-12)16-18-14(19-24-16)9-20-10-15(17-11-20)26(22,23)21-7-3-2-4-8-21/h5-6,10-11H,2-4,7-9H2,1H3. The summed E-state index contributed by atoms with van der Waals surface area (Å²) in [6.07, 6.45) is 5.88. The van der Waals surface area contributed by atoms with E-state index in [0.29, 0.717) is 31.3 Å². The molecule has 0 amide bonds. The summed E-state index contributed by atoms with van der Waals surface area (Å²) in [5.41, 5.74) is 0. The quantitative estimate of drug-likeness (QED) is 0.661. The summed E-state index contributed by atoms with van der Waals surface area (Å²) in [7, 11) is -3.53. The lowest BCUT2D eigenvalue weighted by Gasteiger charge is -2.24. The van der Waals surface area contributed by atoms with Crippen LogP contribution in [0.2, 0.25) is 0 Å². The molecule has 0 aliphatic carbocycles. The Labute approximate surface area is 155 Å². The highest BCUT2D eigenvalue weighted by Gasteiger charge is 2.28. The second-order valence-electron chi connectivity index (χ2n) is 6.28. The average molecular weight is 393 g/mol. The largest absolute Gasteiger partial charge is 0.333 e. The van der Waals surface area contributed by atoms with Crippen LogP contribution >= 0.6 is 11.3 Å². The van der Waals surface area contributed by atoms with E-state index in [1.165, 1.54) is 21.7 Å². The van der Waals surface area contributed by atoms with Crippen LogP contribution in [-0.4, -0.2) is 45.5 Å².